The number of para-hydroxylation sites is 1. The molecule has 2 aromatic carbocycles. The molecular formula is C23H23N3O7S. The number of nitro groups is 1. The Hall–Kier alpha value is -3.73. The summed E-state index contributed by atoms with van der Waals surface area (Å²) in [5, 5.41) is 12.3. The summed E-state index contributed by atoms with van der Waals surface area (Å²) in [6, 6.07) is 11.8. The van der Waals surface area contributed by atoms with Gasteiger partial charge in [0.2, 0.25) is 0 Å². The van der Waals surface area contributed by atoms with E-state index in [0.717, 1.165) is 24.3 Å². The first-order valence-corrected chi connectivity index (χ1v) is 12.5. The van der Waals surface area contributed by atoms with Crippen molar-refractivity contribution in [3.05, 3.63) is 75.7 Å². The second kappa shape index (κ2) is 9.64. The number of nitrogens with zero attached hydrogens (tertiary/aromatic N) is 3. The molecule has 0 aromatic heterocycles. The lowest BCUT2D eigenvalue weighted by atomic mass is 10.1. The number of carbonyl (C=O) groups excluding carboxylic acids is 2. The van der Waals surface area contributed by atoms with E-state index in [-0.39, 0.29) is 17.0 Å². The van der Waals surface area contributed by atoms with Gasteiger partial charge in [-0.3, -0.25) is 14.9 Å². The van der Waals surface area contributed by atoms with Crippen molar-refractivity contribution in [3.63, 3.8) is 0 Å². The molecule has 178 valence electrons. The summed E-state index contributed by atoms with van der Waals surface area (Å²) in [5.74, 6) is -1.74. The van der Waals surface area contributed by atoms with Gasteiger partial charge in [0.05, 0.1) is 28.0 Å². The van der Waals surface area contributed by atoms with Crippen LogP contribution >= 0.6 is 0 Å². The zero-order valence-corrected chi connectivity index (χ0v) is 19.0. The van der Waals surface area contributed by atoms with Crippen molar-refractivity contribution < 1.29 is 27.7 Å². The summed E-state index contributed by atoms with van der Waals surface area (Å²) < 4.78 is 29.1. The summed E-state index contributed by atoms with van der Waals surface area (Å²) in [5.41, 5.74) is 0.737. The van der Waals surface area contributed by atoms with Crippen molar-refractivity contribution in [1.29, 1.82) is 0 Å². The SMILES string of the molecule is O=C(OCC(=O)N(c1ccccc1)C1C=CS(=O)(=O)C1)c1cc([N+](=O)[O-])ccc1N1CCCC1. The van der Waals surface area contributed by atoms with Gasteiger partial charge in [0, 0.05) is 36.3 Å². The lowest BCUT2D eigenvalue weighted by Crippen LogP contribution is -2.43. The van der Waals surface area contributed by atoms with E-state index < -0.39 is 39.3 Å². The average Bonchev–Trinajstić information content (AvgIpc) is 3.47. The maximum Gasteiger partial charge on any atom is 0.341 e. The van der Waals surface area contributed by atoms with Gasteiger partial charge in [0.1, 0.15) is 0 Å². The third kappa shape index (κ3) is 5.09. The molecule has 2 aliphatic heterocycles. The molecule has 1 fully saturated rings. The monoisotopic (exact) mass is 485 g/mol. The Bertz CT molecular complexity index is 1240. The maximum atomic E-state index is 13.1. The number of esters is 1. The van der Waals surface area contributed by atoms with Crippen LogP contribution in [0.15, 0.2) is 60.0 Å². The smallest absolute Gasteiger partial charge is 0.341 e. The van der Waals surface area contributed by atoms with Gasteiger partial charge < -0.3 is 14.5 Å². The van der Waals surface area contributed by atoms with E-state index in [1.807, 2.05) is 4.90 Å². The van der Waals surface area contributed by atoms with Crippen molar-refractivity contribution in [3.8, 4) is 0 Å². The summed E-state index contributed by atoms with van der Waals surface area (Å²) in [7, 11) is -3.44. The topological polar surface area (TPSA) is 127 Å². The summed E-state index contributed by atoms with van der Waals surface area (Å²) in [6.07, 6.45) is 3.30. The fourth-order valence-corrected chi connectivity index (χ4v) is 5.41. The number of carbonyl (C=O) groups is 2. The van der Waals surface area contributed by atoms with Crippen molar-refractivity contribution >= 4 is 38.8 Å². The highest BCUT2D eigenvalue weighted by atomic mass is 32.2. The van der Waals surface area contributed by atoms with Crippen LogP contribution in [0.3, 0.4) is 0 Å². The second-order valence-electron chi connectivity index (χ2n) is 8.05. The Labute approximate surface area is 196 Å². The number of sulfone groups is 1. The average molecular weight is 486 g/mol. The normalized spacial score (nSPS) is 18.6. The summed E-state index contributed by atoms with van der Waals surface area (Å²) in [6.45, 7) is 0.767. The highest BCUT2D eigenvalue weighted by Crippen LogP contribution is 2.29. The Morgan fingerprint density at radius 3 is 2.44 bits per heavy atom. The number of hydrogen-bond donors (Lipinski definition) is 0. The second-order valence-corrected chi connectivity index (χ2v) is 9.98. The molecule has 0 radical (unpaired) electrons. The largest absolute Gasteiger partial charge is 0.452 e. The maximum absolute atomic E-state index is 13.1. The van der Waals surface area contributed by atoms with Crippen molar-refractivity contribution in [2.24, 2.45) is 0 Å². The van der Waals surface area contributed by atoms with E-state index in [9.17, 15) is 28.1 Å². The van der Waals surface area contributed by atoms with Crippen LogP contribution in [-0.2, 0) is 19.4 Å². The third-order valence-electron chi connectivity index (χ3n) is 5.73. The molecule has 2 aliphatic rings. The van der Waals surface area contributed by atoms with Gasteiger partial charge in [0.15, 0.2) is 16.4 Å². The predicted molar refractivity (Wildman–Crippen MR) is 125 cm³/mol. The highest BCUT2D eigenvalue weighted by Gasteiger charge is 2.32. The lowest BCUT2D eigenvalue weighted by molar-refractivity contribution is -0.384. The molecule has 4 rings (SSSR count). The van der Waals surface area contributed by atoms with Crippen LogP contribution in [0, 0.1) is 10.1 Å². The van der Waals surface area contributed by atoms with Crippen LogP contribution in [0.2, 0.25) is 0 Å². The van der Waals surface area contributed by atoms with E-state index in [1.165, 1.54) is 23.1 Å². The molecule has 1 saturated heterocycles. The number of hydrogen-bond acceptors (Lipinski definition) is 8. The molecule has 2 heterocycles. The number of nitro benzene ring substituents is 1. The van der Waals surface area contributed by atoms with E-state index in [2.05, 4.69) is 0 Å². The number of rotatable bonds is 7. The summed E-state index contributed by atoms with van der Waals surface area (Å²) >= 11 is 0. The van der Waals surface area contributed by atoms with Gasteiger partial charge in [-0.25, -0.2) is 13.2 Å². The van der Waals surface area contributed by atoms with Crippen LogP contribution in [0.5, 0.6) is 0 Å². The lowest BCUT2D eigenvalue weighted by Gasteiger charge is -2.27. The number of amides is 1. The van der Waals surface area contributed by atoms with E-state index >= 15 is 0 Å². The van der Waals surface area contributed by atoms with Gasteiger partial charge in [0.25, 0.3) is 11.6 Å². The first-order chi connectivity index (χ1) is 16.2. The Balaban J connectivity index is 1.55. The fraction of sp³-hybridized carbons (Fsp3) is 0.304. The van der Waals surface area contributed by atoms with Gasteiger partial charge in [-0.05, 0) is 37.1 Å². The number of non-ortho nitro benzene ring substituents is 1. The Morgan fingerprint density at radius 2 is 1.82 bits per heavy atom. The minimum Gasteiger partial charge on any atom is -0.452 e. The predicted octanol–water partition coefficient (Wildman–Crippen LogP) is 2.70. The summed E-state index contributed by atoms with van der Waals surface area (Å²) in [4.78, 5) is 39.9. The molecule has 0 N–H and O–H groups in total. The zero-order chi connectivity index (χ0) is 24.3. The van der Waals surface area contributed by atoms with Crippen molar-refractivity contribution in [2.75, 3.05) is 35.2 Å². The molecule has 0 bridgehead atoms. The minimum absolute atomic E-state index is 0.0125. The number of ether oxygens (including phenoxy) is 1. The standard InChI is InChI=1S/C23H23N3O7S/c27-22(25(17-6-2-1-3-7-17)19-10-13-34(31,32)16-19)15-33-23(28)20-14-18(26(29)30)8-9-21(20)24-11-4-5-12-24/h1-3,6-10,13-14,19H,4-5,11-12,15-16H2. The quantitative estimate of drug-likeness (QED) is 0.333. The van der Waals surface area contributed by atoms with Crippen molar-refractivity contribution in [2.45, 2.75) is 18.9 Å². The van der Waals surface area contributed by atoms with Gasteiger partial charge in [-0.1, -0.05) is 18.2 Å². The van der Waals surface area contributed by atoms with Crippen LogP contribution in [-0.4, -0.2) is 56.7 Å². The van der Waals surface area contributed by atoms with E-state index in [4.69, 9.17) is 4.74 Å². The van der Waals surface area contributed by atoms with Crippen molar-refractivity contribution in [1.82, 2.24) is 0 Å². The Kier molecular flexibility index (Phi) is 6.64. The number of anilines is 2. The molecule has 11 heteroatoms. The Morgan fingerprint density at radius 1 is 1.12 bits per heavy atom. The zero-order valence-electron chi connectivity index (χ0n) is 18.2. The first-order valence-electron chi connectivity index (χ1n) is 10.7. The number of benzene rings is 2. The fourth-order valence-electron chi connectivity index (χ4n) is 4.14. The molecular weight excluding hydrogens is 462 g/mol. The first kappa shape index (κ1) is 23.4. The van der Waals surface area contributed by atoms with E-state index in [0.29, 0.717) is 24.5 Å². The van der Waals surface area contributed by atoms with Crippen LogP contribution in [0.1, 0.15) is 23.2 Å². The molecule has 0 saturated carbocycles. The molecule has 1 atom stereocenters. The van der Waals surface area contributed by atoms with Crippen LogP contribution in [0.25, 0.3) is 0 Å². The molecule has 0 spiro atoms. The van der Waals surface area contributed by atoms with Gasteiger partial charge in [-0.15, -0.1) is 0 Å². The molecule has 0 aliphatic carbocycles. The van der Waals surface area contributed by atoms with Gasteiger partial charge >= 0.3 is 5.97 Å². The van der Waals surface area contributed by atoms with Crippen LogP contribution < -0.4 is 9.80 Å². The molecule has 34 heavy (non-hydrogen) atoms. The molecule has 2 aromatic rings. The molecule has 1 amide bonds. The minimum atomic E-state index is -3.44. The van der Waals surface area contributed by atoms with Gasteiger partial charge in [-0.2, -0.15) is 0 Å². The molecule has 10 nitrogen and oxygen atoms in total. The highest BCUT2D eigenvalue weighted by molar-refractivity contribution is 7.94. The third-order valence-corrected chi connectivity index (χ3v) is 7.11. The molecule has 1 unspecified atom stereocenters. The van der Waals surface area contributed by atoms with Crippen LogP contribution in [0.4, 0.5) is 17.1 Å². The van der Waals surface area contributed by atoms with E-state index in [1.54, 1.807) is 30.3 Å².